The fourth-order valence-corrected chi connectivity index (χ4v) is 4.10. The van der Waals surface area contributed by atoms with Crippen molar-refractivity contribution < 1.29 is 4.79 Å². The van der Waals surface area contributed by atoms with Gasteiger partial charge < -0.3 is 25.3 Å². The van der Waals surface area contributed by atoms with Gasteiger partial charge in [0.25, 0.3) is 0 Å². The molecule has 0 bridgehead atoms. The Bertz CT molecular complexity index is 843. The Morgan fingerprint density at radius 1 is 1.37 bits per heavy atom. The molecule has 2 heterocycles. The molecule has 1 aromatic carbocycles. The van der Waals surface area contributed by atoms with Gasteiger partial charge in [-0.1, -0.05) is 6.58 Å². The molecule has 160 valence electrons. The van der Waals surface area contributed by atoms with E-state index in [4.69, 9.17) is 0 Å². The number of nitrogens with one attached hydrogen (secondary N) is 2. The van der Waals surface area contributed by atoms with Crippen molar-refractivity contribution in [2.24, 2.45) is 5.92 Å². The van der Waals surface area contributed by atoms with Gasteiger partial charge in [-0.15, -0.1) is 0 Å². The van der Waals surface area contributed by atoms with E-state index in [-0.39, 0.29) is 17.9 Å². The Labute approximate surface area is 179 Å². The molecule has 0 spiro atoms. The van der Waals surface area contributed by atoms with Gasteiger partial charge in [0.05, 0.1) is 18.5 Å². The molecule has 1 aromatic rings. The first-order chi connectivity index (χ1) is 14.5. The molecule has 0 radical (unpaired) electrons. The van der Waals surface area contributed by atoms with E-state index in [0.717, 1.165) is 36.4 Å². The molecule has 1 fully saturated rings. The van der Waals surface area contributed by atoms with Crippen LogP contribution in [0.15, 0.2) is 43.4 Å². The maximum atomic E-state index is 12.8. The predicted molar refractivity (Wildman–Crippen MR) is 121 cm³/mol. The average Bonchev–Trinajstić information content (AvgIpc) is 3.18. The van der Waals surface area contributed by atoms with Crippen molar-refractivity contribution >= 4 is 17.3 Å². The van der Waals surface area contributed by atoms with Crippen molar-refractivity contribution in [1.29, 1.82) is 5.26 Å². The number of nitriles is 1. The Morgan fingerprint density at radius 3 is 2.80 bits per heavy atom. The summed E-state index contributed by atoms with van der Waals surface area (Å²) >= 11 is 0. The van der Waals surface area contributed by atoms with Crippen molar-refractivity contribution in [1.82, 2.24) is 15.1 Å². The summed E-state index contributed by atoms with van der Waals surface area (Å²) in [5, 5.41) is 15.8. The lowest BCUT2D eigenvalue weighted by atomic mass is 10.1. The fourth-order valence-electron chi connectivity index (χ4n) is 4.10. The zero-order valence-corrected chi connectivity index (χ0v) is 18.1. The van der Waals surface area contributed by atoms with Crippen LogP contribution in [0.3, 0.4) is 0 Å². The normalized spacial score (nSPS) is 22.0. The second kappa shape index (κ2) is 9.68. The number of amides is 1. The minimum atomic E-state index is -0.338. The van der Waals surface area contributed by atoms with E-state index in [2.05, 4.69) is 42.0 Å². The highest BCUT2D eigenvalue weighted by Gasteiger charge is 2.30. The number of hydrogen-bond acceptors (Lipinski definition) is 6. The molecule has 0 aromatic heterocycles. The number of rotatable bonds is 6. The molecule has 0 saturated carbocycles. The quantitative estimate of drug-likeness (QED) is 0.754. The van der Waals surface area contributed by atoms with Gasteiger partial charge in [-0.2, -0.15) is 5.26 Å². The highest BCUT2D eigenvalue weighted by molar-refractivity contribution is 5.93. The van der Waals surface area contributed by atoms with Crippen LogP contribution in [0.25, 0.3) is 0 Å². The maximum absolute atomic E-state index is 12.8. The van der Waals surface area contributed by atoms with Crippen molar-refractivity contribution in [2.75, 3.05) is 36.9 Å². The lowest BCUT2D eigenvalue weighted by Gasteiger charge is -2.26. The second-order valence-electron chi connectivity index (χ2n) is 8.18. The first kappa shape index (κ1) is 21.7. The van der Waals surface area contributed by atoms with Gasteiger partial charge in [-0.05, 0) is 56.8 Å². The van der Waals surface area contributed by atoms with Crippen LogP contribution < -0.4 is 15.5 Å². The Balaban J connectivity index is 1.83. The summed E-state index contributed by atoms with van der Waals surface area (Å²) in [4.78, 5) is 19.2. The Hall–Kier alpha value is -2.98. The van der Waals surface area contributed by atoms with Crippen LogP contribution in [0, 0.1) is 17.2 Å². The highest BCUT2D eigenvalue weighted by Crippen LogP contribution is 2.31. The van der Waals surface area contributed by atoms with Gasteiger partial charge in [0, 0.05) is 50.0 Å². The number of fused-ring (bicyclic) bond motifs is 1. The Kier molecular flexibility index (Phi) is 7.01. The molecular weight excluding hydrogens is 376 g/mol. The minimum absolute atomic E-state index is 0.0221. The molecule has 2 atom stereocenters. The second-order valence-corrected chi connectivity index (χ2v) is 8.18. The summed E-state index contributed by atoms with van der Waals surface area (Å²) in [5.41, 5.74) is 2.79. The van der Waals surface area contributed by atoms with Gasteiger partial charge in [0.1, 0.15) is 6.04 Å². The van der Waals surface area contributed by atoms with Crippen molar-refractivity contribution in [3.63, 3.8) is 0 Å². The minimum Gasteiger partial charge on any atom is -0.393 e. The number of hydrogen-bond donors (Lipinski definition) is 2. The van der Waals surface area contributed by atoms with E-state index < -0.39 is 0 Å². The van der Waals surface area contributed by atoms with Crippen LogP contribution in [0.2, 0.25) is 0 Å². The van der Waals surface area contributed by atoms with Crippen molar-refractivity contribution in [3.05, 3.63) is 48.9 Å². The monoisotopic (exact) mass is 408 g/mol. The third kappa shape index (κ3) is 4.77. The Morgan fingerprint density at radius 2 is 2.17 bits per heavy atom. The number of anilines is 2. The molecule has 1 amide bonds. The van der Waals surface area contributed by atoms with Crippen LogP contribution in [-0.4, -0.2) is 54.5 Å². The lowest BCUT2D eigenvalue weighted by Crippen LogP contribution is -2.36. The van der Waals surface area contributed by atoms with E-state index >= 15 is 0 Å². The molecule has 7 nitrogen and oxygen atoms in total. The van der Waals surface area contributed by atoms with Gasteiger partial charge in [0.2, 0.25) is 5.91 Å². The molecule has 2 aliphatic heterocycles. The summed E-state index contributed by atoms with van der Waals surface area (Å²) < 4.78 is 0. The van der Waals surface area contributed by atoms with E-state index in [1.807, 2.05) is 47.4 Å². The molecule has 1 saturated heterocycles. The number of benzene rings is 1. The molecule has 7 heteroatoms. The van der Waals surface area contributed by atoms with Gasteiger partial charge in [-0.25, -0.2) is 0 Å². The molecule has 30 heavy (non-hydrogen) atoms. The van der Waals surface area contributed by atoms with E-state index in [1.165, 1.54) is 0 Å². The molecule has 3 rings (SSSR count). The molecule has 2 aliphatic rings. The van der Waals surface area contributed by atoms with Crippen LogP contribution in [0.1, 0.15) is 25.8 Å². The third-order valence-corrected chi connectivity index (χ3v) is 5.87. The summed E-state index contributed by atoms with van der Waals surface area (Å²) in [6, 6.07) is 8.43. The zero-order valence-electron chi connectivity index (χ0n) is 18.1. The topological polar surface area (TPSA) is 74.6 Å². The smallest absolute Gasteiger partial charge is 0.228 e. The summed E-state index contributed by atoms with van der Waals surface area (Å²) in [6.45, 7) is 11.2. The average molecular weight is 409 g/mol. The highest BCUT2D eigenvalue weighted by atomic mass is 16.1. The SMILES string of the molecule is C=CN1Cc2cc(NC(=O)C3CCN(C(C)C)C3)ccc2N(/C=C\NC)C(C#N)C1. The van der Waals surface area contributed by atoms with Crippen LogP contribution in [0.5, 0.6) is 0 Å². The molecular formula is C23H32N6O. The number of nitrogens with zero attached hydrogens (tertiary/aromatic N) is 4. The number of likely N-dealkylation sites (tertiary alicyclic amines) is 1. The van der Waals surface area contributed by atoms with Gasteiger partial charge in [0.15, 0.2) is 0 Å². The van der Waals surface area contributed by atoms with Crippen LogP contribution in [0.4, 0.5) is 11.4 Å². The van der Waals surface area contributed by atoms with Crippen LogP contribution >= 0.6 is 0 Å². The summed E-state index contributed by atoms with van der Waals surface area (Å²) in [5.74, 6) is 0.100. The standard InChI is InChI=1S/C23H32N6O/c1-5-27-14-19-12-20(26-23(30)18-8-10-28(15-18)17(2)3)6-7-22(19)29(11-9-25-4)21(13-24)16-27/h5-7,9,11-12,17-18,21,25H,1,8,10,14-16H2,2-4H3,(H,26,30)/b11-9-. The largest absolute Gasteiger partial charge is 0.393 e. The zero-order chi connectivity index (χ0) is 21.7. The van der Waals surface area contributed by atoms with E-state index in [0.29, 0.717) is 19.1 Å². The summed E-state index contributed by atoms with van der Waals surface area (Å²) in [7, 11) is 1.83. The first-order valence-corrected chi connectivity index (χ1v) is 10.5. The third-order valence-electron chi connectivity index (χ3n) is 5.87. The first-order valence-electron chi connectivity index (χ1n) is 10.5. The van der Waals surface area contributed by atoms with E-state index in [1.54, 1.807) is 6.20 Å². The molecule has 2 N–H and O–H groups in total. The van der Waals surface area contributed by atoms with Gasteiger partial charge in [-0.3, -0.25) is 4.79 Å². The van der Waals surface area contributed by atoms with Crippen molar-refractivity contribution in [2.45, 2.75) is 38.9 Å². The fraction of sp³-hybridized carbons (Fsp3) is 0.478. The summed E-state index contributed by atoms with van der Waals surface area (Å²) in [6.07, 6.45) is 6.36. The van der Waals surface area contributed by atoms with Crippen LogP contribution in [-0.2, 0) is 11.3 Å². The van der Waals surface area contributed by atoms with Crippen molar-refractivity contribution in [3.8, 4) is 6.07 Å². The molecule has 0 aliphatic carbocycles. The lowest BCUT2D eigenvalue weighted by molar-refractivity contribution is -0.119. The number of carbonyl (C=O) groups is 1. The van der Waals surface area contributed by atoms with E-state index in [9.17, 15) is 10.1 Å². The number of carbonyl (C=O) groups excluding carboxylic acids is 1. The van der Waals surface area contributed by atoms with Gasteiger partial charge >= 0.3 is 0 Å². The predicted octanol–water partition coefficient (Wildman–Crippen LogP) is 2.70. The molecule has 2 unspecified atom stereocenters. The maximum Gasteiger partial charge on any atom is 0.228 e.